The van der Waals surface area contributed by atoms with Gasteiger partial charge in [0, 0.05) is 0 Å². The van der Waals surface area contributed by atoms with Crippen LogP contribution in [0.4, 0.5) is 0 Å². The summed E-state index contributed by atoms with van der Waals surface area (Å²) in [5.74, 6) is 3.77. The van der Waals surface area contributed by atoms with Crippen LogP contribution in [-0.4, -0.2) is 4.99 Å². The van der Waals surface area contributed by atoms with Gasteiger partial charge in [0.1, 0.15) is 0 Å². The number of fused-ring (bicyclic) bond motifs is 3. The first-order valence-electron chi connectivity index (χ1n) is 10.4. The summed E-state index contributed by atoms with van der Waals surface area (Å²) in [6.45, 7) is 12.7. The van der Waals surface area contributed by atoms with E-state index in [1.807, 2.05) is 0 Å². The Morgan fingerprint density at radius 3 is 2.33 bits per heavy atom. The highest BCUT2D eigenvalue weighted by molar-refractivity contribution is 7.80. The van der Waals surface area contributed by atoms with Gasteiger partial charge in [0.15, 0.2) is 0 Å². The van der Waals surface area contributed by atoms with E-state index in [4.69, 9.17) is 18.0 Å². The molecule has 6 unspecified atom stereocenters. The average molecular weight is 350 g/mol. The van der Waals surface area contributed by atoms with Crippen molar-refractivity contribution in [2.24, 2.45) is 45.7 Å². The van der Waals surface area contributed by atoms with E-state index in [0.717, 1.165) is 30.1 Å². The molecule has 2 N–H and O–H groups in total. The molecule has 0 saturated heterocycles. The van der Waals surface area contributed by atoms with Gasteiger partial charge in [-0.25, -0.2) is 0 Å². The molecule has 3 saturated carbocycles. The van der Waals surface area contributed by atoms with Crippen molar-refractivity contribution < 1.29 is 0 Å². The van der Waals surface area contributed by atoms with E-state index in [9.17, 15) is 0 Å². The van der Waals surface area contributed by atoms with Crippen molar-refractivity contribution in [3.63, 3.8) is 0 Å². The van der Waals surface area contributed by atoms with Gasteiger partial charge >= 0.3 is 0 Å². The fourth-order valence-electron chi connectivity index (χ4n) is 7.48. The molecule has 0 bridgehead atoms. The Balaban J connectivity index is 1.89. The van der Waals surface area contributed by atoms with Crippen molar-refractivity contribution in [1.82, 2.24) is 0 Å². The van der Waals surface area contributed by atoms with Crippen molar-refractivity contribution >= 4 is 17.2 Å². The van der Waals surface area contributed by atoms with Gasteiger partial charge in [-0.3, -0.25) is 0 Å². The molecule has 0 aromatic carbocycles. The second-order valence-electron chi connectivity index (χ2n) is 10.4. The number of rotatable bonds is 4. The lowest BCUT2D eigenvalue weighted by Gasteiger charge is -2.62. The summed E-state index contributed by atoms with van der Waals surface area (Å²) in [6.07, 6.45) is 12.2. The monoisotopic (exact) mass is 349 g/mol. The Kier molecular flexibility index (Phi) is 4.86. The Hall–Kier alpha value is -0.110. The van der Waals surface area contributed by atoms with E-state index in [-0.39, 0.29) is 0 Å². The van der Waals surface area contributed by atoms with Gasteiger partial charge < -0.3 is 5.73 Å². The molecule has 3 aliphatic rings. The van der Waals surface area contributed by atoms with Crippen molar-refractivity contribution in [3.8, 4) is 0 Å². The predicted molar refractivity (Wildman–Crippen MR) is 108 cm³/mol. The van der Waals surface area contributed by atoms with Crippen LogP contribution in [0, 0.1) is 39.9 Å². The van der Waals surface area contributed by atoms with Gasteiger partial charge in [0.25, 0.3) is 0 Å². The summed E-state index contributed by atoms with van der Waals surface area (Å²) >= 11 is 5.24. The summed E-state index contributed by atoms with van der Waals surface area (Å²) in [6, 6.07) is 0. The zero-order chi connectivity index (χ0) is 17.8. The highest BCUT2D eigenvalue weighted by Crippen LogP contribution is 2.68. The summed E-state index contributed by atoms with van der Waals surface area (Å²) in [4.78, 5) is 0.710. The molecule has 3 fully saturated rings. The van der Waals surface area contributed by atoms with Gasteiger partial charge in [-0.15, -0.1) is 0 Å². The number of nitrogens with two attached hydrogens (primary N) is 1. The first-order chi connectivity index (χ1) is 11.2. The molecule has 0 radical (unpaired) electrons. The van der Waals surface area contributed by atoms with E-state index >= 15 is 0 Å². The van der Waals surface area contributed by atoms with Crippen molar-refractivity contribution in [1.29, 1.82) is 0 Å². The topological polar surface area (TPSA) is 26.0 Å². The minimum Gasteiger partial charge on any atom is -0.393 e. The fourth-order valence-corrected chi connectivity index (χ4v) is 7.58. The Labute approximate surface area is 155 Å². The Morgan fingerprint density at radius 2 is 1.71 bits per heavy atom. The van der Waals surface area contributed by atoms with Crippen molar-refractivity contribution in [3.05, 3.63) is 0 Å². The van der Waals surface area contributed by atoms with Crippen LogP contribution in [0.15, 0.2) is 0 Å². The van der Waals surface area contributed by atoms with Crippen LogP contribution in [-0.2, 0) is 0 Å². The highest BCUT2D eigenvalue weighted by atomic mass is 32.1. The molecule has 2 heteroatoms. The van der Waals surface area contributed by atoms with Gasteiger partial charge in [-0.1, -0.05) is 53.3 Å². The molecule has 0 heterocycles. The average Bonchev–Trinajstić information content (AvgIpc) is 2.85. The van der Waals surface area contributed by atoms with Crippen LogP contribution >= 0.6 is 12.2 Å². The summed E-state index contributed by atoms with van der Waals surface area (Å²) in [5.41, 5.74) is 7.33. The molecular weight excluding hydrogens is 310 g/mol. The van der Waals surface area contributed by atoms with Crippen LogP contribution in [0.3, 0.4) is 0 Å². The van der Waals surface area contributed by atoms with E-state index in [1.165, 1.54) is 51.4 Å². The molecule has 0 amide bonds. The maximum Gasteiger partial charge on any atom is 0.0727 e. The highest BCUT2D eigenvalue weighted by Gasteiger charge is 2.60. The summed E-state index contributed by atoms with van der Waals surface area (Å²) < 4.78 is 0. The lowest BCUT2D eigenvalue weighted by molar-refractivity contribution is -0.130. The third-order valence-electron chi connectivity index (χ3n) is 9.48. The van der Waals surface area contributed by atoms with Gasteiger partial charge in [0.05, 0.1) is 4.99 Å². The standard InChI is InChI=1S/C22H39NS/c1-6-15-7-8-17-16-9-12-20(2,3)22(5,14-11-19(23)24)18(16)10-13-21(15,17)4/h15-18H,6-14H2,1-5H3,(H2,23,24). The third-order valence-corrected chi connectivity index (χ3v) is 9.69. The van der Waals surface area contributed by atoms with Crippen LogP contribution in [0.1, 0.15) is 92.4 Å². The fraction of sp³-hybridized carbons (Fsp3) is 0.955. The maximum absolute atomic E-state index is 5.90. The van der Waals surface area contributed by atoms with Crippen LogP contribution < -0.4 is 5.73 Å². The van der Waals surface area contributed by atoms with Gasteiger partial charge in [-0.05, 0) is 91.3 Å². The molecule has 0 aromatic heterocycles. The lowest BCUT2D eigenvalue weighted by atomic mass is 9.43. The second kappa shape index (κ2) is 6.25. The van der Waals surface area contributed by atoms with Crippen LogP contribution in [0.5, 0.6) is 0 Å². The summed E-state index contributed by atoms with van der Waals surface area (Å²) in [5, 5.41) is 0. The minimum absolute atomic E-state index is 0.394. The van der Waals surface area contributed by atoms with E-state index in [1.54, 1.807) is 0 Å². The molecule has 3 rings (SSSR count). The molecule has 0 aliphatic heterocycles. The van der Waals surface area contributed by atoms with Crippen LogP contribution in [0.2, 0.25) is 0 Å². The zero-order valence-corrected chi connectivity index (χ0v) is 17.5. The smallest absolute Gasteiger partial charge is 0.0727 e. The molecule has 6 atom stereocenters. The summed E-state index contributed by atoms with van der Waals surface area (Å²) in [7, 11) is 0. The predicted octanol–water partition coefficient (Wildman–Crippen LogP) is 6.35. The zero-order valence-electron chi connectivity index (χ0n) is 16.7. The van der Waals surface area contributed by atoms with E-state index in [0.29, 0.717) is 21.2 Å². The van der Waals surface area contributed by atoms with Gasteiger partial charge in [-0.2, -0.15) is 0 Å². The molecule has 24 heavy (non-hydrogen) atoms. The number of thiocarbonyl (C=S) groups is 1. The van der Waals surface area contributed by atoms with E-state index < -0.39 is 0 Å². The lowest BCUT2D eigenvalue weighted by Crippen LogP contribution is -2.55. The Morgan fingerprint density at radius 1 is 1.00 bits per heavy atom. The molecule has 0 aromatic rings. The molecule has 3 aliphatic carbocycles. The van der Waals surface area contributed by atoms with Crippen LogP contribution in [0.25, 0.3) is 0 Å². The quantitative estimate of drug-likeness (QED) is 0.599. The van der Waals surface area contributed by atoms with Crippen molar-refractivity contribution in [2.45, 2.75) is 92.4 Å². The first kappa shape index (κ1) is 18.7. The first-order valence-corrected chi connectivity index (χ1v) is 10.8. The minimum atomic E-state index is 0.394. The van der Waals surface area contributed by atoms with Crippen molar-refractivity contribution in [2.75, 3.05) is 0 Å². The maximum atomic E-state index is 5.90. The third kappa shape index (κ3) is 2.66. The number of hydrogen-bond donors (Lipinski definition) is 1. The largest absolute Gasteiger partial charge is 0.393 e. The number of hydrogen-bond acceptors (Lipinski definition) is 1. The molecule has 1 nitrogen and oxygen atoms in total. The molecule has 138 valence electrons. The SMILES string of the molecule is CCC1CCC2C3CCC(C)(C)C(C)(CCC(N)=S)C3CCC12C. The molecular formula is C22H39NS. The second-order valence-corrected chi connectivity index (χ2v) is 10.9. The van der Waals surface area contributed by atoms with E-state index in [2.05, 4.69) is 34.6 Å². The normalized spacial score (nSPS) is 47.0. The Bertz CT molecular complexity index is 498. The van der Waals surface area contributed by atoms with Gasteiger partial charge in [0.2, 0.25) is 0 Å². The molecule has 0 spiro atoms.